The summed E-state index contributed by atoms with van der Waals surface area (Å²) in [4.78, 5) is 15.4. The van der Waals surface area contributed by atoms with Crippen LogP contribution in [0.4, 0.5) is 13.2 Å². The summed E-state index contributed by atoms with van der Waals surface area (Å²) in [6.07, 6.45) is -3.86. The van der Waals surface area contributed by atoms with Crippen LogP contribution >= 0.6 is 0 Å². The van der Waals surface area contributed by atoms with Crippen molar-refractivity contribution in [2.45, 2.75) is 36.6 Å². The van der Waals surface area contributed by atoms with Gasteiger partial charge in [-0.25, -0.2) is 18.9 Å². The number of para-hydroxylation sites is 1. The van der Waals surface area contributed by atoms with Crippen LogP contribution in [0.15, 0.2) is 59.5 Å². The Morgan fingerprint density at radius 1 is 1.18 bits per heavy atom. The Hall–Kier alpha value is -3.22. The smallest absolute Gasteiger partial charge is 0.433 e. The molecule has 1 aromatic heterocycles. The lowest BCUT2D eigenvalue weighted by atomic mass is 10.1. The zero-order valence-corrected chi connectivity index (χ0v) is 18.4. The monoisotopic (exact) mass is 495 g/mol. The van der Waals surface area contributed by atoms with E-state index in [2.05, 4.69) is 4.98 Å². The van der Waals surface area contributed by atoms with Crippen molar-refractivity contribution in [3.05, 3.63) is 65.9 Å². The number of hydrogen-bond donors (Lipinski definition) is 2. The number of hydrogen-bond acceptors (Lipinski definition) is 6. The zero-order valence-electron chi connectivity index (χ0n) is 17.6. The molecule has 2 aromatic carbocycles. The van der Waals surface area contributed by atoms with E-state index in [0.717, 1.165) is 10.4 Å². The average Bonchev–Trinajstić information content (AvgIpc) is 3.32. The van der Waals surface area contributed by atoms with Gasteiger partial charge in [-0.05, 0) is 49.2 Å². The molecule has 0 spiro atoms. The first kappa shape index (κ1) is 23.9. The van der Waals surface area contributed by atoms with Crippen molar-refractivity contribution < 1.29 is 36.3 Å². The lowest BCUT2D eigenvalue weighted by Crippen LogP contribution is -2.44. The van der Waals surface area contributed by atoms with Gasteiger partial charge in [-0.2, -0.15) is 17.5 Å². The summed E-state index contributed by atoms with van der Waals surface area (Å²) in [5.41, 5.74) is 0.925. The number of benzene rings is 2. The highest BCUT2D eigenvalue weighted by Crippen LogP contribution is 2.32. The fourth-order valence-corrected chi connectivity index (χ4v) is 5.54. The highest BCUT2D eigenvalue weighted by Gasteiger charge is 2.39. The summed E-state index contributed by atoms with van der Waals surface area (Å²) in [6.45, 7) is -0.0571. The molecule has 3 aromatic rings. The number of alkyl halides is 3. The first-order valence-corrected chi connectivity index (χ1v) is 11.7. The van der Waals surface area contributed by atoms with Gasteiger partial charge in [-0.1, -0.05) is 18.2 Å². The number of fused-ring (bicyclic) bond motifs is 1. The summed E-state index contributed by atoms with van der Waals surface area (Å²) in [5, 5.41) is 9.37. The van der Waals surface area contributed by atoms with Crippen LogP contribution in [0.25, 0.3) is 10.9 Å². The standard InChI is InChI=1S/C22H20F3N3O5S/c23-22(24,25)20-12-14(17-4-1-2-5-18(17)26-20)13-33-15-7-9-16(10-8-15)34(31,32)28-11-3-6-19(28)21(29)27-30/h1-2,4-5,7-10,12,19,30H,3,6,11,13H2,(H,27,29)/t19-/m1/s1. The Morgan fingerprint density at radius 3 is 2.56 bits per heavy atom. The van der Waals surface area contributed by atoms with E-state index >= 15 is 0 Å². The van der Waals surface area contributed by atoms with Gasteiger partial charge in [0.05, 0.1) is 10.4 Å². The minimum Gasteiger partial charge on any atom is -0.489 e. The molecule has 0 saturated carbocycles. The van der Waals surface area contributed by atoms with Crippen LogP contribution in [-0.4, -0.2) is 41.4 Å². The Balaban J connectivity index is 1.54. The van der Waals surface area contributed by atoms with Gasteiger partial charge >= 0.3 is 6.18 Å². The molecule has 1 amide bonds. The fraction of sp³-hybridized carbons (Fsp3) is 0.273. The highest BCUT2D eigenvalue weighted by molar-refractivity contribution is 7.89. The van der Waals surface area contributed by atoms with Gasteiger partial charge in [0.25, 0.3) is 5.91 Å². The third kappa shape index (κ3) is 4.69. The summed E-state index contributed by atoms with van der Waals surface area (Å²) < 4.78 is 72.3. The van der Waals surface area contributed by atoms with Crippen LogP contribution in [0.2, 0.25) is 0 Å². The number of ether oxygens (including phenoxy) is 1. The first-order chi connectivity index (χ1) is 16.1. The van der Waals surface area contributed by atoms with Gasteiger partial charge in [-0.3, -0.25) is 10.0 Å². The molecule has 180 valence electrons. The van der Waals surface area contributed by atoms with Crippen molar-refractivity contribution in [3.8, 4) is 5.75 Å². The molecule has 34 heavy (non-hydrogen) atoms. The number of amides is 1. The molecule has 2 N–H and O–H groups in total. The van der Waals surface area contributed by atoms with Crippen molar-refractivity contribution >= 4 is 26.8 Å². The van der Waals surface area contributed by atoms with Gasteiger partial charge < -0.3 is 4.74 Å². The number of rotatable bonds is 6. The maximum Gasteiger partial charge on any atom is 0.433 e. The third-order valence-electron chi connectivity index (χ3n) is 5.53. The zero-order chi connectivity index (χ0) is 24.5. The van der Waals surface area contributed by atoms with Crippen molar-refractivity contribution in [1.29, 1.82) is 0 Å². The van der Waals surface area contributed by atoms with E-state index < -0.39 is 33.8 Å². The van der Waals surface area contributed by atoms with E-state index in [-0.39, 0.29) is 41.3 Å². The minimum atomic E-state index is -4.62. The van der Waals surface area contributed by atoms with Crippen LogP contribution in [0.3, 0.4) is 0 Å². The SMILES string of the molecule is O=C(NO)[C@H]1CCCN1S(=O)(=O)c1ccc(OCc2cc(C(F)(F)F)nc3ccccc23)cc1. The van der Waals surface area contributed by atoms with E-state index in [1.165, 1.54) is 35.8 Å². The molecular formula is C22H20F3N3O5S. The number of pyridine rings is 1. The Labute approximate surface area is 193 Å². The molecule has 4 rings (SSSR count). The molecule has 12 heteroatoms. The molecule has 0 unspecified atom stereocenters. The maximum atomic E-state index is 13.2. The van der Waals surface area contributed by atoms with Crippen molar-refractivity contribution in [2.24, 2.45) is 0 Å². The van der Waals surface area contributed by atoms with Gasteiger partial charge in [0.1, 0.15) is 24.1 Å². The van der Waals surface area contributed by atoms with Crippen LogP contribution in [-0.2, 0) is 27.6 Å². The molecule has 0 radical (unpaired) electrons. The molecule has 2 heterocycles. The Kier molecular flexibility index (Phi) is 6.47. The lowest BCUT2D eigenvalue weighted by molar-refractivity contribution is -0.141. The van der Waals surface area contributed by atoms with E-state index in [0.29, 0.717) is 11.8 Å². The summed E-state index contributed by atoms with van der Waals surface area (Å²) in [7, 11) is -4.01. The van der Waals surface area contributed by atoms with Crippen molar-refractivity contribution in [3.63, 3.8) is 0 Å². The normalized spacial score (nSPS) is 17.1. The van der Waals surface area contributed by atoms with E-state index in [4.69, 9.17) is 9.94 Å². The largest absolute Gasteiger partial charge is 0.489 e. The molecule has 0 bridgehead atoms. The van der Waals surface area contributed by atoms with Crippen LogP contribution < -0.4 is 10.2 Å². The number of carbonyl (C=O) groups excluding carboxylic acids is 1. The second-order valence-electron chi connectivity index (χ2n) is 7.69. The van der Waals surface area contributed by atoms with E-state index in [1.807, 2.05) is 0 Å². The fourth-order valence-electron chi connectivity index (χ4n) is 3.88. The number of nitrogens with one attached hydrogen (secondary N) is 1. The Bertz CT molecular complexity index is 1310. The Morgan fingerprint density at radius 2 is 1.88 bits per heavy atom. The predicted octanol–water partition coefficient (Wildman–Crippen LogP) is 3.49. The van der Waals surface area contributed by atoms with E-state index in [9.17, 15) is 26.4 Å². The number of hydroxylamine groups is 1. The summed E-state index contributed by atoms with van der Waals surface area (Å²) >= 11 is 0. The van der Waals surface area contributed by atoms with Gasteiger partial charge in [-0.15, -0.1) is 0 Å². The topological polar surface area (TPSA) is 109 Å². The van der Waals surface area contributed by atoms with Crippen molar-refractivity contribution in [1.82, 2.24) is 14.8 Å². The number of nitrogens with zero attached hydrogens (tertiary/aromatic N) is 2. The molecule has 1 aliphatic rings. The van der Waals surface area contributed by atoms with E-state index in [1.54, 1.807) is 18.2 Å². The quantitative estimate of drug-likeness (QED) is 0.400. The number of halogens is 3. The van der Waals surface area contributed by atoms with Gasteiger partial charge in [0, 0.05) is 17.5 Å². The molecule has 1 atom stereocenters. The molecule has 1 fully saturated rings. The number of sulfonamides is 1. The van der Waals surface area contributed by atoms with Crippen molar-refractivity contribution in [2.75, 3.05) is 6.54 Å². The average molecular weight is 495 g/mol. The van der Waals surface area contributed by atoms with Crippen LogP contribution in [0, 0.1) is 0 Å². The predicted molar refractivity (Wildman–Crippen MR) is 114 cm³/mol. The molecular weight excluding hydrogens is 475 g/mol. The minimum absolute atomic E-state index is 0.0776. The second kappa shape index (κ2) is 9.20. The highest BCUT2D eigenvalue weighted by atomic mass is 32.2. The number of carbonyl (C=O) groups is 1. The summed E-state index contributed by atoms with van der Waals surface area (Å²) in [5.74, 6) is -0.552. The first-order valence-electron chi connectivity index (χ1n) is 10.3. The maximum absolute atomic E-state index is 13.2. The van der Waals surface area contributed by atoms with Gasteiger partial charge in [0.2, 0.25) is 10.0 Å². The second-order valence-corrected chi connectivity index (χ2v) is 9.58. The van der Waals surface area contributed by atoms with Gasteiger partial charge in [0.15, 0.2) is 0 Å². The van der Waals surface area contributed by atoms with Crippen LogP contribution in [0.1, 0.15) is 24.1 Å². The molecule has 8 nitrogen and oxygen atoms in total. The lowest BCUT2D eigenvalue weighted by Gasteiger charge is -2.22. The number of aromatic nitrogens is 1. The molecule has 1 saturated heterocycles. The molecule has 0 aliphatic carbocycles. The summed E-state index contributed by atoms with van der Waals surface area (Å²) in [6, 6.07) is 11.7. The third-order valence-corrected chi connectivity index (χ3v) is 7.46. The molecule has 1 aliphatic heterocycles. The van der Waals surface area contributed by atoms with Crippen LogP contribution in [0.5, 0.6) is 5.75 Å².